The minimum Gasteiger partial charge on any atom is -0.359 e. The van der Waals surface area contributed by atoms with Crippen molar-refractivity contribution in [3.05, 3.63) is 0 Å². The number of rotatable bonds is 4. The molecule has 1 rings (SSSR count). The van der Waals surface area contributed by atoms with Gasteiger partial charge in [-0.15, -0.1) is 0 Å². The van der Waals surface area contributed by atoms with Crippen LogP contribution in [0.3, 0.4) is 0 Å². The van der Waals surface area contributed by atoms with Gasteiger partial charge in [0.25, 0.3) is 0 Å². The van der Waals surface area contributed by atoms with Crippen molar-refractivity contribution in [3.8, 4) is 0 Å². The molecule has 1 saturated carbocycles. The van der Waals surface area contributed by atoms with E-state index in [9.17, 15) is 4.79 Å². The van der Waals surface area contributed by atoms with Crippen LogP contribution < -0.4 is 10.6 Å². The summed E-state index contributed by atoms with van der Waals surface area (Å²) in [6.45, 7) is 3.11. The molecule has 13 heavy (non-hydrogen) atoms. The summed E-state index contributed by atoms with van der Waals surface area (Å²) in [6, 6.07) is 0.652. The Hall–Kier alpha value is -0.570. The Labute approximate surface area is 80.3 Å². The van der Waals surface area contributed by atoms with Crippen LogP contribution in [0, 0.1) is 5.92 Å². The maximum Gasteiger partial charge on any atom is 0.221 e. The molecular weight excluding hydrogens is 164 g/mol. The van der Waals surface area contributed by atoms with Gasteiger partial charge in [-0.2, -0.15) is 0 Å². The summed E-state index contributed by atoms with van der Waals surface area (Å²) in [6.07, 6.45) is 4.47. The van der Waals surface area contributed by atoms with E-state index in [0.717, 1.165) is 12.5 Å². The fourth-order valence-electron chi connectivity index (χ4n) is 1.91. The number of hydrogen-bond acceptors (Lipinski definition) is 2. The predicted octanol–water partition coefficient (Wildman–Crippen LogP) is 0.901. The molecule has 2 unspecified atom stereocenters. The van der Waals surface area contributed by atoms with E-state index < -0.39 is 0 Å². The van der Waals surface area contributed by atoms with Gasteiger partial charge in [-0.05, 0) is 25.2 Å². The second kappa shape index (κ2) is 5.22. The SMILES string of the molecule is CNC(=O)CCNC1CCC(C)C1. The molecule has 2 N–H and O–H groups in total. The summed E-state index contributed by atoms with van der Waals surface area (Å²) in [7, 11) is 1.68. The molecule has 0 bridgehead atoms. The van der Waals surface area contributed by atoms with Gasteiger partial charge in [0.05, 0.1) is 0 Å². The van der Waals surface area contributed by atoms with Gasteiger partial charge < -0.3 is 10.6 Å². The van der Waals surface area contributed by atoms with Gasteiger partial charge in [0.2, 0.25) is 5.91 Å². The van der Waals surface area contributed by atoms with Gasteiger partial charge in [0.15, 0.2) is 0 Å². The van der Waals surface area contributed by atoms with Crippen LogP contribution in [0.1, 0.15) is 32.6 Å². The zero-order chi connectivity index (χ0) is 9.68. The van der Waals surface area contributed by atoms with Crippen LogP contribution in [-0.4, -0.2) is 25.5 Å². The fraction of sp³-hybridized carbons (Fsp3) is 0.900. The molecule has 1 aliphatic rings. The lowest BCUT2D eigenvalue weighted by Gasteiger charge is -2.11. The Balaban J connectivity index is 2.03. The molecule has 0 radical (unpaired) electrons. The molecule has 0 saturated heterocycles. The van der Waals surface area contributed by atoms with Crippen molar-refractivity contribution >= 4 is 5.91 Å². The van der Waals surface area contributed by atoms with Crippen molar-refractivity contribution in [1.29, 1.82) is 0 Å². The van der Waals surface area contributed by atoms with E-state index in [1.54, 1.807) is 7.05 Å². The van der Waals surface area contributed by atoms with Crippen molar-refractivity contribution in [2.45, 2.75) is 38.6 Å². The third kappa shape index (κ3) is 3.77. The van der Waals surface area contributed by atoms with Gasteiger partial charge in [-0.1, -0.05) is 6.92 Å². The second-order valence-electron chi connectivity index (χ2n) is 3.99. The van der Waals surface area contributed by atoms with Gasteiger partial charge in [-0.25, -0.2) is 0 Å². The van der Waals surface area contributed by atoms with Crippen LogP contribution in [-0.2, 0) is 4.79 Å². The molecule has 2 atom stereocenters. The van der Waals surface area contributed by atoms with Crippen LogP contribution in [0.2, 0.25) is 0 Å². The summed E-state index contributed by atoms with van der Waals surface area (Å²) in [5.41, 5.74) is 0. The molecule has 3 heteroatoms. The Morgan fingerprint density at radius 2 is 2.23 bits per heavy atom. The Bertz CT molecular complexity index is 170. The Kier molecular flexibility index (Phi) is 4.22. The van der Waals surface area contributed by atoms with Crippen molar-refractivity contribution < 1.29 is 4.79 Å². The highest BCUT2D eigenvalue weighted by Gasteiger charge is 2.20. The molecular formula is C10H20N2O. The number of carbonyl (C=O) groups excluding carboxylic acids is 1. The maximum atomic E-state index is 10.9. The molecule has 0 aliphatic heterocycles. The van der Waals surface area contributed by atoms with E-state index in [1.165, 1.54) is 19.3 Å². The standard InChI is InChI=1S/C10H20N2O/c1-8-3-4-9(7-8)12-6-5-10(13)11-2/h8-9,12H,3-7H2,1-2H3,(H,11,13). The average Bonchev–Trinajstić information content (AvgIpc) is 2.51. The summed E-state index contributed by atoms with van der Waals surface area (Å²) in [4.78, 5) is 10.9. The molecule has 0 aromatic carbocycles. The highest BCUT2D eigenvalue weighted by Crippen LogP contribution is 2.24. The zero-order valence-electron chi connectivity index (χ0n) is 8.60. The quantitative estimate of drug-likeness (QED) is 0.681. The molecule has 0 aromatic rings. The minimum absolute atomic E-state index is 0.124. The average molecular weight is 184 g/mol. The van der Waals surface area contributed by atoms with Crippen LogP contribution in [0.25, 0.3) is 0 Å². The van der Waals surface area contributed by atoms with Crippen LogP contribution in [0.5, 0.6) is 0 Å². The van der Waals surface area contributed by atoms with E-state index in [-0.39, 0.29) is 5.91 Å². The predicted molar refractivity (Wildman–Crippen MR) is 53.5 cm³/mol. The van der Waals surface area contributed by atoms with Crippen LogP contribution in [0.15, 0.2) is 0 Å². The molecule has 0 spiro atoms. The van der Waals surface area contributed by atoms with Gasteiger partial charge >= 0.3 is 0 Å². The first-order chi connectivity index (χ1) is 6.22. The molecule has 76 valence electrons. The highest BCUT2D eigenvalue weighted by molar-refractivity contribution is 5.75. The van der Waals surface area contributed by atoms with Gasteiger partial charge in [0.1, 0.15) is 0 Å². The molecule has 1 amide bonds. The van der Waals surface area contributed by atoms with Gasteiger partial charge in [-0.3, -0.25) is 4.79 Å². The monoisotopic (exact) mass is 184 g/mol. The normalized spacial score (nSPS) is 27.5. The van der Waals surface area contributed by atoms with Crippen molar-refractivity contribution in [3.63, 3.8) is 0 Å². The first kappa shape index (κ1) is 10.5. The van der Waals surface area contributed by atoms with E-state index in [0.29, 0.717) is 12.5 Å². The third-order valence-electron chi connectivity index (χ3n) is 2.76. The van der Waals surface area contributed by atoms with Crippen LogP contribution >= 0.6 is 0 Å². The summed E-state index contributed by atoms with van der Waals surface area (Å²) in [5.74, 6) is 0.982. The van der Waals surface area contributed by atoms with Crippen molar-refractivity contribution in [1.82, 2.24) is 10.6 Å². The summed E-state index contributed by atoms with van der Waals surface area (Å²) < 4.78 is 0. The summed E-state index contributed by atoms with van der Waals surface area (Å²) >= 11 is 0. The van der Waals surface area contributed by atoms with E-state index in [2.05, 4.69) is 17.6 Å². The first-order valence-corrected chi connectivity index (χ1v) is 5.16. The number of hydrogen-bond donors (Lipinski definition) is 2. The second-order valence-corrected chi connectivity index (χ2v) is 3.99. The largest absolute Gasteiger partial charge is 0.359 e. The minimum atomic E-state index is 0.124. The maximum absolute atomic E-state index is 10.9. The molecule has 0 heterocycles. The molecule has 1 fully saturated rings. The van der Waals surface area contributed by atoms with Crippen LogP contribution in [0.4, 0.5) is 0 Å². The van der Waals surface area contributed by atoms with Gasteiger partial charge in [0, 0.05) is 26.1 Å². The summed E-state index contributed by atoms with van der Waals surface area (Å²) in [5, 5.41) is 6.04. The lowest BCUT2D eigenvalue weighted by Crippen LogP contribution is -2.31. The van der Waals surface area contributed by atoms with Crippen molar-refractivity contribution in [2.75, 3.05) is 13.6 Å². The smallest absolute Gasteiger partial charge is 0.221 e. The number of nitrogens with one attached hydrogen (secondary N) is 2. The van der Waals surface area contributed by atoms with E-state index >= 15 is 0 Å². The highest BCUT2D eigenvalue weighted by atomic mass is 16.1. The Morgan fingerprint density at radius 1 is 1.46 bits per heavy atom. The zero-order valence-corrected chi connectivity index (χ0v) is 8.60. The van der Waals surface area contributed by atoms with E-state index in [1.807, 2.05) is 0 Å². The first-order valence-electron chi connectivity index (χ1n) is 5.16. The lowest BCUT2D eigenvalue weighted by atomic mass is 10.1. The lowest BCUT2D eigenvalue weighted by molar-refractivity contribution is -0.120. The number of amides is 1. The number of carbonyl (C=O) groups is 1. The van der Waals surface area contributed by atoms with Crippen molar-refractivity contribution in [2.24, 2.45) is 5.92 Å². The Morgan fingerprint density at radius 3 is 2.77 bits per heavy atom. The molecule has 0 aromatic heterocycles. The molecule has 1 aliphatic carbocycles. The fourth-order valence-corrected chi connectivity index (χ4v) is 1.91. The third-order valence-corrected chi connectivity index (χ3v) is 2.76. The van der Waals surface area contributed by atoms with E-state index in [4.69, 9.17) is 0 Å². The topological polar surface area (TPSA) is 41.1 Å². The molecule has 3 nitrogen and oxygen atoms in total.